The number of esters is 1. The highest BCUT2D eigenvalue weighted by Gasteiger charge is 2.22. The van der Waals surface area contributed by atoms with Crippen LogP contribution in [0.4, 0.5) is 0 Å². The van der Waals surface area contributed by atoms with Crippen molar-refractivity contribution < 1.29 is 27.8 Å². The van der Waals surface area contributed by atoms with Crippen LogP contribution in [0.25, 0.3) is 21.9 Å². The summed E-state index contributed by atoms with van der Waals surface area (Å²) >= 11 is 0. The molecule has 0 atom stereocenters. The van der Waals surface area contributed by atoms with Gasteiger partial charge >= 0.3 is 11.6 Å². The van der Waals surface area contributed by atoms with Crippen LogP contribution in [0.3, 0.4) is 0 Å². The van der Waals surface area contributed by atoms with E-state index in [1.54, 1.807) is 24.3 Å². The second-order valence-electron chi connectivity index (χ2n) is 6.57. The van der Waals surface area contributed by atoms with Crippen LogP contribution in [0.1, 0.15) is 28.6 Å². The average molecular weight is 408 g/mol. The Bertz CT molecular complexity index is 1270. The number of benzene rings is 2. The van der Waals surface area contributed by atoms with Crippen LogP contribution < -0.4 is 10.4 Å². The first-order valence-corrected chi connectivity index (χ1v) is 9.46. The lowest BCUT2D eigenvalue weighted by atomic mass is 10.1. The Labute approximate surface area is 171 Å². The van der Waals surface area contributed by atoms with Crippen molar-refractivity contribution in [2.75, 3.05) is 13.7 Å². The van der Waals surface area contributed by atoms with E-state index in [1.807, 2.05) is 25.1 Å². The van der Waals surface area contributed by atoms with Gasteiger partial charge in [0.15, 0.2) is 0 Å². The summed E-state index contributed by atoms with van der Waals surface area (Å²) in [6.45, 7) is 2.50. The molecule has 2 aromatic heterocycles. The first-order valence-electron chi connectivity index (χ1n) is 9.46. The minimum absolute atomic E-state index is 0.0959. The molecule has 0 aliphatic heterocycles. The number of furan rings is 1. The summed E-state index contributed by atoms with van der Waals surface area (Å²) in [6.07, 6.45) is 0. The minimum Gasteiger partial charge on any atom is -0.497 e. The van der Waals surface area contributed by atoms with Crippen molar-refractivity contribution in [2.45, 2.75) is 20.1 Å². The van der Waals surface area contributed by atoms with Gasteiger partial charge in [0.1, 0.15) is 23.5 Å². The number of fused-ring (bicyclic) bond motifs is 2. The van der Waals surface area contributed by atoms with E-state index in [0.717, 1.165) is 5.39 Å². The molecule has 4 aromatic rings. The lowest BCUT2D eigenvalue weighted by molar-refractivity contribution is 0.0431. The van der Waals surface area contributed by atoms with E-state index in [-0.39, 0.29) is 19.0 Å². The third kappa shape index (κ3) is 3.79. The highest BCUT2D eigenvalue weighted by Crippen LogP contribution is 2.28. The maximum atomic E-state index is 12.8. The number of hydrogen-bond donors (Lipinski definition) is 0. The second kappa shape index (κ2) is 8.42. The fourth-order valence-electron chi connectivity index (χ4n) is 3.28. The maximum Gasteiger partial charge on any atom is 0.374 e. The zero-order valence-electron chi connectivity index (χ0n) is 16.6. The number of para-hydroxylation sites is 1. The highest BCUT2D eigenvalue weighted by molar-refractivity contribution is 5.96. The summed E-state index contributed by atoms with van der Waals surface area (Å²) in [4.78, 5) is 24.7. The van der Waals surface area contributed by atoms with Crippen LogP contribution in [0.15, 0.2) is 62.2 Å². The van der Waals surface area contributed by atoms with Crippen molar-refractivity contribution in [1.29, 1.82) is 0 Å². The van der Waals surface area contributed by atoms with E-state index in [2.05, 4.69) is 0 Å². The third-order valence-corrected chi connectivity index (χ3v) is 4.73. The van der Waals surface area contributed by atoms with Crippen LogP contribution >= 0.6 is 0 Å². The molecule has 0 saturated heterocycles. The Balaban J connectivity index is 1.63. The summed E-state index contributed by atoms with van der Waals surface area (Å²) in [7, 11) is 1.53. The molecule has 0 unspecified atom stereocenters. The monoisotopic (exact) mass is 408 g/mol. The molecule has 0 aliphatic carbocycles. The number of methoxy groups -OCH3 is 1. The van der Waals surface area contributed by atoms with E-state index in [9.17, 15) is 9.59 Å². The van der Waals surface area contributed by atoms with Crippen molar-refractivity contribution >= 4 is 27.9 Å². The van der Waals surface area contributed by atoms with Gasteiger partial charge in [0.2, 0.25) is 5.76 Å². The quantitative estimate of drug-likeness (QED) is 0.330. The Hall–Kier alpha value is -3.58. The van der Waals surface area contributed by atoms with Crippen molar-refractivity contribution in [3.63, 3.8) is 0 Å². The zero-order chi connectivity index (χ0) is 21.1. The first-order chi connectivity index (χ1) is 14.6. The Kier molecular flexibility index (Phi) is 5.54. The molecule has 4 rings (SSSR count). The van der Waals surface area contributed by atoms with Gasteiger partial charge in [0.05, 0.1) is 13.7 Å². The summed E-state index contributed by atoms with van der Waals surface area (Å²) < 4.78 is 27.1. The lowest BCUT2D eigenvalue weighted by Gasteiger charge is -2.08. The summed E-state index contributed by atoms with van der Waals surface area (Å²) in [5, 5.41) is 1.46. The number of rotatable bonds is 7. The number of hydrogen-bond acceptors (Lipinski definition) is 7. The summed E-state index contributed by atoms with van der Waals surface area (Å²) in [5.41, 5.74) is 1.56. The molecule has 7 nitrogen and oxygen atoms in total. The van der Waals surface area contributed by atoms with E-state index in [4.69, 9.17) is 23.0 Å². The van der Waals surface area contributed by atoms with Gasteiger partial charge < -0.3 is 23.0 Å². The van der Waals surface area contributed by atoms with Gasteiger partial charge in [0.25, 0.3) is 0 Å². The van der Waals surface area contributed by atoms with Gasteiger partial charge in [-0.3, -0.25) is 0 Å². The molecule has 0 aliphatic rings. The molecule has 2 aromatic carbocycles. The van der Waals surface area contributed by atoms with Gasteiger partial charge in [-0.25, -0.2) is 9.59 Å². The third-order valence-electron chi connectivity index (χ3n) is 4.73. The van der Waals surface area contributed by atoms with E-state index in [0.29, 0.717) is 40.0 Å². The van der Waals surface area contributed by atoms with Crippen molar-refractivity contribution in [2.24, 2.45) is 0 Å². The van der Waals surface area contributed by atoms with E-state index < -0.39 is 11.6 Å². The second-order valence-corrected chi connectivity index (χ2v) is 6.57. The zero-order valence-corrected chi connectivity index (χ0v) is 16.6. The van der Waals surface area contributed by atoms with Crippen LogP contribution in [0, 0.1) is 0 Å². The normalized spacial score (nSPS) is 11.1. The van der Waals surface area contributed by atoms with Gasteiger partial charge in [-0.15, -0.1) is 0 Å². The Morgan fingerprint density at radius 1 is 0.967 bits per heavy atom. The first kappa shape index (κ1) is 19.7. The summed E-state index contributed by atoms with van der Waals surface area (Å²) in [5.74, 6) is 0.0250. The lowest BCUT2D eigenvalue weighted by Crippen LogP contribution is -2.09. The average Bonchev–Trinajstić information content (AvgIpc) is 3.13. The van der Waals surface area contributed by atoms with E-state index >= 15 is 0 Å². The molecule has 0 N–H and O–H groups in total. The van der Waals surface area contributed by atoms with Gasteiger partial charge in [-0.1, -0.05) is 18.2 Å². The Morgan fingerprint density at radius 2 is 1.80 bits per heavy atom. The van der Waals surface area contributed by atoms with Crippen LogP contribution in [-0.4, -0.2) is 19.7 Å². The number of ether oxygens (including phenoxy) is 3. The molecule has 30 heavy (non-hydrogen) atoms. The van der Waals surface area contributed by atoms with Gasteiger partial charge in [-0.2, -0.15) is 0 Å². The standard InChI is InChI=1S/C23H20O7/c1-3-27-13-18-17-6-4-5-7-19(17)30-22(18)23(25)28-12-14-10-21(24)29-20-11-15(26-2)8-9-16(14)20/h4-11H,3,12-13H2,1-2H3. The van der Waals surface area contributed by atoms with Crippen LogP contribution in [0.2, 0.25) is 0 Å². The molecule has 154 valence electrons. The van der Waals surface area contributed by atoms with E-state index in [1.165, 1.54) is 13.2 Å². The molecule has 0 radical (unpaired) electrons. The molecule has 0 bridgehead atoms. The van der Waals surface area contributed by atoms with Gasteiger partial charge in [-0.05, 0) is 25.1 Å². The largest absolute Gasteiger partial charge is 0.497 e. The van der Waals surface area contributed by atoms with Gasteiger partial charge in [0, 0.05) is 40.6 Å². The molecule has 0 spiro atoms. The van der Waals surface area contributed by atoms with Crippen molar-refractivity contribution in [3.8, 4) is 5.75 Å². The molecule has 7 heteroatoms. The SMILES string of the molecule is CCOCc1c(C(=O)OCc2cc(=O)oc3cc(OC)ccc23)oc2ccccc12. The minimum atomic E-state index is -0.629. The fourth-order valence-corrected chi connectivity index (χ4v) is 3.28. The molecular formula is C23H20O7. The van der Waals surface area contributed by atoms with Crippen LogP contribution in [0.5, 0.6) is 5.75 Å². The summed E-state index contributed by atoms with van der Waals surface area (Å²) in [6, 6.07) is 13.8. The van der Waals surface area contributed by atoms with Crippen molar-refractivity contribution in [3.05, 3.63) is 75.8 Å². The number of carbonyl (C=O) groups is 1. The molecule has 0 saturated carbocycles. The predicted molar refractivity (Wildman–Crippen MR) is 110 cm³/mol. The molecule has 0 fully saturated rings. The highest BCUT2D eigenvalue weighted by atomic mass is 16.5. The Morgan fingerprint density at radius 3 is 2.60 bits per heavy atom. The topological polar surface area (TPSA) is 88.1 Å². The smallest absolute Gasteiger partial charge is 0.374 e. The fraction of sp³-hybridized carbons (Fsp3) is 0.217. The number of carbonyl (C=O) groups excluding carboxylic acids is 1. The van der Waals surface area contributed by atoms with Crippen molar-refractivity contribution in [1.82, 2.24) is 0 Å². The maximum absolute atomic E-state index is 12.8. The van der Waals surface area contributed by atoms with Crippen LogP contribution in [-0.2, 0) is 22.7 Å². The molecule has 2 heterocycles. The predicted octanol–water partition coefficient (Wildman–Crippen LogP) is 4.44. The molecular weight excluding hydrogens is 388 g/mol. The molecule has 0 amide bonds.